The summed E-state index contributed by atoms with van der Waals surface area (Å²) in [5, 5.41) is 0.800. The molecule has 1 aliphatic heterocycles. The number of hydrogen-bond donors (Lipinski definition) is 1. The van der Waals surface area contributed by atoms with Crippen LogP contribution in [0.4, 0.5) is 15.2 Å². The van der Waals surface area contributed by atoms with Gasteiger partial charge in [0.25, 0.3) is 0 Å². The number of amides is 1. The third-order valence-electron chi connectivity index (χ3n) is 4.83. The molecular formula is C20H21FN4O2S2. The number of nitrogens with zero attached hydrogens (tertiary/aromatic N) is 3. The van der Waals surface area contributed by atoms with Gasteiger partial charge in [-0.3, -0.25) is 4.79 Å². The van der Waals surface area contributed by atoms with E-state index in [9.17, 15) is 13.4 Å². The summed E-state index contributed by atoms with van der Waals surface area (Å²) in [4.78, 5) is 21.0. The van der Waals surface area contributed by atoms with E-state index in [2.05, 4.69) is 14.6 Å². The number of carbonyl (C=O) groups excluding carboxylic acids is 1. The van der Waals surface area contributed by atoms with Crippen molar-refractivity contribution in [3.63, 3.8) is 0 Å². The highest BCUT2D eigenvalue weighted by molar-refractivity contribution is 7.85. The number of nitrogens with one attached hydrogen (secondary N) is 1. The van der Waals surface area contributed by atoms with Gasteiger partial charge in [-0.25, -0.2) is 13.6 Å². The predicted octanol–water partition coefficient (Wildman–Crippen LogP) is 3.03. The van der Waals surface area contributed by atoms with Crippen molar-refractivity contribution < 1.29 is 13.4 Å². The molecular weight excluding hydrogens is 411 g/mol. The van der Waals surface area contributed by atoms with Gasteiger partial charge in [0.05, 0.1) is 11.1 Å². The van der Waals surface area contributed by atoms with Crippen LogP contribution < -0.4 is 9.62 Å². The van der Waals surface area contributed by atoms with E-state index in [0.29, 0.717) is 38.1 Å². The van der Waals surface area contributed by atoms with Gasteiger partial charge in [-0.05, 0) is 29.8 Å². The zero-order valence-corrected chi connectivity index (χ0v) is 17.6. The van der Waals surface area contributed by atoms with Crippen LogP contribution in [0.5, 0.6) is 0 Å². The lowest BCUT2D eigenvalue weighted by molar-refractivity contribution is -0.130. The van der Waals surface area contributed by atoms with E-state index in [1.807, 2.05) is 35.2 Å². The number of benzene rings is 2. The van der Waals surface area contributed by atoms with Gasteiger partial charge in [-0.15, -0.1) is 0 Å². The highest BCUT2D eigenvalue weighted by Crippen LogP contribution is 2.30. The lowest BCUT2D eigenvalue weighted by atomic mass is 10.1. The summed E-state index contributed by atoms with van der Waals surface area (Å²) in [6, 6.07) is 12.4. The van der Waals surface area contributed by atoms with E-state index in [1.165, 1.54) is 17.4 Å². The van der Waals surface area contributed by atoms with Crippen molar-refractivity contribution in [3.8, 4) is 0 Å². The van der Waals surface area contributed by atoms with Gasteiger partial charge in [-0.2, -0.15) is 0 Å². The first kappa shape index (κ1) is 19.8. The van der Waals surface area contributed by atoms with E-state index >= 15 is 0 Å². The number of aromatic nitrogens is 1. The van der Waals surface area contributed by atoms with Crippen LogP contribution in [0, 0.1) is 5.82 Å². The molecule has 6 nitrogen and oxygen atoms in total. The van der Waals surface area contributed by atoms with Gasteiger partial charge in [0.2, 0.25) is 5.91 Å². The minimum atomic E-state index is -1.12. The summed E-state index contributed by atoms with van der Waals surface area (Å²) < 4.78 is 28.7. The first-order chi connectivity index (χ1) is 14.0. The highest BCUT2D eigenvalue weighted by atomic mass is 32.2. The maximum absolute atomic E-state index is 13.9. The second-order valence-electron chi connectivity index (χ2n) is 6.88. The van der Waals surface area contributed by atoms with E-state index in [0.717, 1.165) is 21.1 Å². The fraction of sp³-hybridized carbons (Fsp3) is 0.300. The van der Waals surface area contributed by atoms with Gasteiger partial charge >= 0.3 is 0 Å². The minimum Gasteiger partial charge on any atom is -0.345 e. The molecule has 0 saturated carbocycles. The number of fused-ring (bicyclic) bond motifs is 1. The van der Waals surface area contributed by atoms with E-state index in [4.69, 9.17) is 0 Å². The average molecular weight is 433 g/mol. The minimum absolute atomic E-state index is 0.0831. The Bertz CT molecular complexity index is 1050. The third-order valence-corrected chi connectivity index (χ3v) is 6.44. The van der Waals surface area contributed by atoms with Crippen molar-refractivity contribution in [1.82, 2.24) is 9.88 Å². The Balaban J connectivity index is 1.34. The van der Waals surface area contributed by atoms with Crippen molar-refractivity contribution in [3.05, 3.63) is 53.8 Å². The topological polar surface area (TPSA) is 65.5 Å². The summed E-state index contributed by atoms with van der Waals surface area (Å²) in [6.07, 6.45) is 1.91. The molecule has 0 aliphatic carbocycles. The zero-order chi connectivity index (χ0) is 20.4. The van der Waals surface area contributed by atoms with Crippen molar-refractivity contribution in [2.45, 2.75) is 6.42 Å². The smallest absolute Gasteiger partial charge is 0.227 e. The van der Waals surface area contributed by atoms with Crippen LogP contribution in [-0.2, 0) is 22.2 Å². The molecule has 1 atom stereocenters. The van der Waals surface area contributed by atoms with Gasteiger partial charge in [-0.1, -0.05) is 29.5 Å². The van der Waals surface area contributed by atoms with Gasteiger partial charge in [0.1, 0.15) is 22.3 Å². The molecule has 2 aromatic carbocycles. The second-order valence-corrected chi connectivity index (χ2v) is 9.00. The Morgan fingerprint density at radius 2 is 1.90 bits per heavy atom. The normalized spacial score (nSPS) is 15.5. The number of hydrogen-bond acceptors (Lipinski definition) is 5. The highest BCUT2D eigenvalue weighted by Gasteiger charge is 2.23. The molecule has 1 aromatic heterocycles. The summed E-state index contributed by atoms with van der Waals surface area (Å²) >= 11 is 1.48. The molecule has 9 heteroatoms. The quantitative estimate of drug-likeness (QED) is 0.673. The van der Waals surface area contributed by atoms with E-state index < -0.39 is 11.0 Å². The van der Waals surface area contributed by atoms with E-state index in [1.54, 1.807) is 12.3 Å². The molecule has 0 spiro atoms. The lowest BCUT2D eigenvalue weighted by Gasteiger charge is -2.34. The van der Waals surface area contributed by atoms with Crippen LogP contribution in [0.1, 0.15) is 5.56 Å². The third kappa shape index (κ3) is 4.56. The summed E-state index contributed by atoms with van der Waals surface area (Å²) in [5.41, 5.74) is 2.10. The van der Waals surface area contributed by atoms with Crippen molar-refractivity contribution >= 4 is 49.3 Å². The Kier molecular flexibility index (Phi) is 5.77. The number of anilines is 2. The van der Waals surface area contributed by atoms with Gasteiger partial charge in [0.15, 0.2) is 5.13 Å². The summed E-state index contributed by atoms with van der Waals surface area (Å²) in [7, 11) is -1.12. The Morgan fingerprint density at radius 1 is 1.17 bits per heavy atom. The van der Waals surface area contributed by atoms with Crippen LogP contribution in [0.2, 0.25) is 0 Å². The average Bonchev–Trinajstić information content (AvgIpc) is 3.15. The maximum atomic E-state index is 13.9. The van der Waals surface area contributed by atoms with Crippen LogP contribution >= 0.6 is 11.3 Å². The molecule has 29 heavy (non-hydrogen) atoms. The molecule has 0 radical (unpaired) electrons. The van der Waals surface area contributed by atoms with Crippen LogP contribution in [0.15, 0.2) is 42.5 Å². The predicted molar refractivity (Wildman–Crippen MR) is 116 cm³/mol. The van der Waals surface area contributed by atoms with Gasteiger partial charge < -0.3 is 14.5 Å². The Hall–Kier alpha value is -2.52. The SMILES string of the molecule is CS(=O)Nc1ccc(CC(=O)N2CCN(c3nc4c(F)cccc4s3)CC2)cc1. The fourth-order valence-corrected chi connectivity index (χ4v) is 4.83. The Labute approximate surface area is 174 Å². The van der Waals surface area contributed by atoms with Gasteiger partial charge in [0, 0.05) is 38.1 Å². The molecule has 3 aromatic rings. The van der Waals surface area contributed by atoms with Crippen LogP contribution in [0.3, 0.4) is 0 Å². The molecule has 1 fully saturated rings. The molecule has 1 aliphatic rings. The summed E-state index contributed by atoms with van der Waals surface area (Å²) in [5.74, 6) is -0.218. The van der Waals surface area contributed by atoms with Crippen molar-refractivity contribution in [2.24, 2.45) is 0 Å². The molecule has 0 bridgehead atoms. The molecule has 152 valence electrons. The molecule has 1 N–H and O–H groups in total. The largest absolute Gasteiger partial charge is 0.345 e. The number of rotatable bonds is 5. The first-order valence-electron chi connectivity index (χ1n) is 9.26. The maximum Gasteiger partial charge on any atom is 0.227 e. The van der Waals surface area contributed by atoms with Crippen molar-refractivity contribution in [2.75, 3.05) is 42.1 Å². The lowest BCUT2D eigenvalue weighted by Crippen LogP contribution is -2.49. The van der Waals surface area contributed by atoms with Crippen LogP contribution in [0.25, 0.3) is 10.2 Å². The zero-order valence-electron chi connectivity index (χ0n) is 15.9. The number of para-hydroxylation sites is 1. The molecule has 1 unspecified atom stereocenters. The first-order valence-corrected chi connectivity index (χ1v) is 11.6. The second kappa shape index (κ2) is 8.46. The Morgan fingerprint density at radius 3 is 2.55 bits per heavy atom. The number of carbonyl (C=O) groups is 1. The molecule has 1 saturated heterocycles. The standard InChI is InChI=1S/C20H21FN4O2S2/c1-29(27)23-15-7-5-14(6-8-15)13-18(26)24-9-11-25(12-10-24)20-22-19-16(21)3-2-4-17(19)28-20/h2-8,23H,9-13H2,1H3. The number of thiazole rings is 1. The summed E-state index contributed by atoms with van der Waals surface area (Å²) in [6.45, 7) is 2.59. The number of halogens is 1. The monoisotopic (exact) mass is 432 g/mol. The van der Waals surface area contributed by atoms with Crippen LogP contribution in [-0.4, -0.2) is 52.4 Å². The molecule has 1 amide bonds. The molecule has 4 rings (SSSR count). The van der Waals surface area contributed by atoms with E-state index in [-0.39, 0.29) is 11.7 Å². The fourth-order valence-electron chi connectivity index (χ4n) is 3.33. The molecule has 2 heterocycles. The van der Waals surface area contributed by atoms with Crippen molar-refractivity contribution in [1.29, 1.82) is 0 Å². The number of piperazine rings is 1.